The lowest BCUT2D eigenvalue weighted by molar-refractivity contribution is 1.08. The molecule has 0 fully saturated rings. The molecule has 0 heterocycles. The summed E-state index contributed by atoms with van der Waals surface area (Å²) in [5.41, 5.74) is 1.27. The number of thioether (sulfide) groups is 1. The Morgan fingerprint density at radius 3 is 2.64 bits per heavy atom. The van der Waals surface area contributed by atoms with E-state index in [1.807, 2.05) is 12.1 Å². The first-order valence-corrected chi connectivity index (χ1v) is 5.21. The zero-order chi connectivity index (χ0) is 8.27. The van der Waals surface area contributed by atoms with Crippen LogP contribution >= 0.6 is 23.4 Å². The average Bonchev–Trinajstić information content (AvgIpc) is 2.04. The molecule has 0 unspecified atom stereocenters. The summed E-state index contributed by atoms with van der Waals surface area (Å²) in [7, 11) is 0. The van der Waals surface area contributed by atoms with E-state index in [-0.39, 0.29) is 0 Å². The summed E-state index contributed by atoms with van der Waals surface area (Å²) >= 11 is 7.74. The van der Waals surface area contributed by atoms with Gasteiger partial charge in [-0.15, -0.1) is 11.8 Å². The van der Waals surface area contributed by atoms with Gasteiger partial charge >= 0.3 is 0 Å². The monoisotopic (exact) mass is 186 g/mol. The van der Waals surface area contributed by atoms with Crippen LogP contribution in [0.5, 0.6) is 0 Å². The first kappa shape index (κ1) is 8.95. The molecular formula is C9H11ClS. The van der Waals surface area contributed by atoms with Gasteiger partial charge in [0.2, 0.25) is 0 Å². The predicted molar refractivity (Wildman–Crippen MR) is 52.6 cm³/mol. The highest BCUT2D eigenvalue weighted by Gasteiger charge is 2.02. The summed E-state index contributed by atoms with van der Waals surface area (Å²) in [6.07, 6.45) is 3.08. The van der Waals surface area contributed by atoms with E-state index in [0.717, 1.165) is 11.4 Å². The number of rotatable bonds is 2. The van der Waals surface area contributed by atoms with Crippen LogP contribution in [0.1, 0.15) is 12.5 Å². The van der Waals surface area contributed by atoms with Gasteiger partial charge in [0.15, 0.2) is 0 Å². The van der Waals surface area contributed by atoms with Crippen molar-refractivity contribution >= 4 is 23.4 Å². The summed E-state index contributed by atoms with van der Waals surface area (Å²) in [4.78, 5) is 1.29. The van der Waals surface area contributed by atoms with Gasteiger partial charge in [-0.1, -0.05) is 24.6 Å². The van der Waals surface area contributed by atoms with Crippen LogP contribution in [-0.4, -0.2) is 6.26 Å². The number of halogens is 1. The zero-order valence-corrected chi connectivity index (χ0v) is 8.30. The summed E-state index contributed by atoms with van der Waals surface area (Å²) in [5.74, 6) is 0. The molecule has 1 rings (SSSR count). The van der Waals surface area contributed by atoms with Gasteiger partial charge in [-0.3, -0.25) is 0 Å². The van der Waals surface area contributed by atoms with Gasteiger partial charge in [0.1, 0.15) is 0 Å². The van der Waals surface area contributed by atoms with Crippen molar-refractivity contribution in [2.75, 3.05) is 6.26 Å². The van der Waals surface area contributed by atoms with Crippen LogP contribution in [0.25, 0.3) is 0 Å². The van der Waals surface area contributed by atoms with E-state index < -0.39 is 0 Å². The Morgan fingerprint density at radius 2 is 2.18 bits per heavy atom. The quantitative estimate of drug-likeness (QED) is 0.636. The molecule has 0 saturated heterocycles. The SMILES string of the molecule is CCc1c(Cl)cccc1SC. The van der Waals surface area contributed by atoms with Gasteiger partial charge in [-0.2, -0.15) is 0 Å². The molecule has 0 saturated carbocycles. The van der Waals surface area contributed by atoms with Crippen molar-refractivity contribution in [1.82, 2.24) is 0 Å². The molecule has 0 atom stereocenters. The third-order valence-corrected chi connectivity index (χ3v) is 2.83. The molecule has 0 amide bonds. The van der Waals surface area contributed by atoms with E-state index >= 15 is 0 Å². The normalized spacial score (nSPS) is 10.1. The lowest BCUT2D eigenvalue weighted by Crippen LogP contribution is -1.85. The summed E-state index contributed by atoms with van der Waals surface area (Å²) in [5, 5.41) is 0.888. The molecule has 0 bridgehead atoms. The fourth-order valence-corrected chi connectivity index (χ4v) is 2.15. The van der Waals surface area contributed by atoms with E-state index in [2.05, 4.69) is 19.2 Å². The van der Waals surface area contributed by atoms with E-state index in [9.17, 15) is 0 Å². The van der Waals surface area contributed by atoms with Gasteiger partial charge in [-0.25, -0.2) is 0 Å². The molecule has 0 nitrogen and oxygen atoms in total. The first-order valence-electron chi connectivity index (χ1n) is 3.61. The molecule has 0 aliphatic carbocycles. The van der Waals surface area contributed by atoms with Crippen molar-refractivity contribution in [1.29, 1.82) is 0 Å². The molecule has 11 heavy (non-hydrogen) atoms. The lowest BCUT2D eigenvalue weighted by atomic mass is 10.2. The summed E-state index contributed by atoms with van der Waals surface area (Å²) < 4.78 is 0. The van der Waals surface area contributed by atoms with Crippen molar-refractivity contribution < 1.29 is 0 Å². The molecule has 0 spiro atoms. The largest absolute Gasteiger partial charge is 0.129 e. The van der Waals surface area contributed by atoms with Crippen LogP contribution in [-0.2, 0) is 6.42 Å². The second kappa shape index (κ2) is 4.03. The van der Waals surface area contributed by atoms with Crippen molar-refractivity contribution in [2.45, 2.75) is 18.2 Å². The van der Waals surface area contributed by atoms with E-state index in [1.54, 1.807) is 11.8 Å². The Bertz CT molecular complexity index is 245. The van der Waals surface area contributed by atoms with E-state index in [1.165, 1.54) is 10.5 Å². The van der Waals surface area contributed by atoms with Gasteiger partial charge in [-0.05, 0) is 30.4 Å². The highest BCUT2D eigenvalue weighted by molar-refractivity contribution is 7.98. The molecule has 0 aromatic heterocycles. The minimum Gasteiger partial charge on any atom is -0.129 e. The minimum atomic E-state index is 0.888. The van der Waals surface area contributed by atoms with Crippen LogP contribution in [0.3, 0.4) is 0 Å². The second-order valence-electron chi connectivity index (χ2n) is 2.27. The standard InChI is InChI=1S/C9H11ClS/c1-3-7-8(10)5-4-6-9(7)11-2/h4-6H,3H2,1-2H3. The summed E-state index contributed by atoms with van der Waals surface area (Å²) in [6, 6.07) is 6.04. The summed E-state index contributed by atoms with van der Waals surface area (Å²) in [6.45, 7) is 2.13. The molecule has 0 aliphatic rings. The molecular weight excluding hydrogens is 176 g/mol. The lowest BCUT2D eigenvalue weighted by Gasteiger charge is -2.05. The van der Waals surface area contributed by atoms with Crippen LogP contribution in [0, 0.1) is 0 Å². The fraction of sp³-hybridized carbons (Fsp3) is 0.333. The van der Waals surface area contributed by atoms with Gasteiger partial charge in [0.25, 0.3) is 0 Å². The molecule has 2 heteroatoms. The minimum absolute atomic E-state index is 0.888. The van der Waals surface area contributed by atoms with Gasteiger partial charge in [0, 0.05) is 9.92 Å². The van der Waals surface area contributed by atoms with Crippen LogP contribution < -0.4 is 0 Å². The molecule has 1 aromatic rings. The Hall–Kier alpha value is -0.140. The predicted octanol–water partition coefficient (Wildman–Crippen LogP) is 3.62. The van der Waals surface area contributed by atoms with E-state index in [0.29, 0.717) is 0 Å². The number of benzene rings is 1. The first-order chi connectivity index (χ1) is 5.29. The van der Waals surface area contributed by atoms with Crippen molar-refractivity contribution in [3.05, 3.63) is 28.8 Å². The van der Waals surface area contributed by atoms with E-state index in [4.69, 9.17) is 11.6 Å². The average molecular weight is 187 g/mol. The Labute approximate surface area is 77.0 Å². The van der Waals surface area contributed by atoms with Crippen LogP contribution in [0.4, 0.5) is 0 Å². The third-order valence-electron chi connectivity index (χ3n) is 1.65. The maximum atomic E-state index is 5.99. The Kier molecular flexibility index (Phi) is 3.28. The van der Waals surface area contributed by atoms with Gasteiger partial charge < -0.3 is 0 Å². The maximum absolute atomic E-state index is 5.99. The highest BCUT2D eigenvalue weighted by atomic mass is 35.5. The van der Waals surface area contributed by atoms with Crippen molar-refractivity contribution in [2.24, 2.45) is 0 Å². The Morgan fingerprint density at radius 1 is 1.45 bits per heavy atom. The topological polar surface area (TPSA) is 0 Å². The van der Waals surface area contributed by atoms with Gasteiger partial charge in [0.05, 0.1) is 0 Å². The smallest absolute Gasteiger partial charge is 0.0449 e. The fourth-order valence-electron chi connectivity index (χ4n) is 1.07. The Balaban J connectivity index is 3.13. The van der Waals surface area contributed by atoms with Crippen molar-refractivity contribution in [3.63, 3.8) is 0 Å². The molecule has 60 valence electrons. The molecule has 1 aromatic carbocycles. The van der Waals surface area contributed by atoms with Crippen molar-refractivity contribution in [3.8, 4) is 0 Å². The zero-order valence-electron chi connectivity index (χ0n) is 6.73. The van der Waals surface area contributed by atoms with Crippen LogP contribution in [0.15, 0.2) is 23.1 Å². The molecule has 0 N–H and O–H groups in total. The number of hydrogen-bond acceptors (Lipinski definition) is 1. The second-order valence-corrected chi connectivity index (χ2v) is 3.53. The number of hydrogen-bond donors (Lipinski definition) is 0. The van der Waals surface area contributed by atoms with Crippen LogP contribution in [0.2, 0.25) is 5.02 Å². The third kappa shape index (κ3) is 1.91. The highest BCUT2D eigenvalue weighted by Crippen LogP contribution is 2.26. The molecule has 0 radical (unpaired) electrons. The molecule has 0 aliphatic heterocycles. The maximum Gasteiger partial charge on any atom is 0.0449 e.